The Labute approximate surface area is 346 Å². The zero-order valence-corrected chi connectivity index (χ0v) is 38.3. The van der Waals surface area contributed by atoms with Gasteiger partial charge in [0.1, 0.15) is 0 Å². The number of rotatable bonds is 6. The lowest BCUT2D eigenvalue weighted by atomic mass is 9.62. The fraction of sp³-hybridized carbons (Fsp3) is 0.455. The van der Waals surface area contributed by atoms with Crippen molar-refractivity contribution in [3.63, 3.8) is 0 Å². The van der Waals surface area contributed by atoms with Crippen LogP contribution in [0.3, 0.4) is 0 Å². The Balaban J connectivity index is 1.75. The summed E-state index contributed by atoms with van der Waals surface area (Å²) in [5.74, 6) is 0.433. The van der Waals surface area contributed by atoms with Gasteiger partial charge < -0.3 is 0 Å². The maximum atomic E-state index is 7.18. The van der Waals surface area contributed by atoms with Crippen molar-refractivity contribution in [2.24, 2.45) is 11.8 Å². The lowest BCUT2D eigenvalue weighted by molar-refractivity contribution is -0.335. The molecule has 1 fully saturated rings. The van der Waals surface area contributed by atoms with Gasteiger partial charge in [-0.1, -0.05) is 214 Å². The highest BCUT2D eigenvalue weighted by Gasteiger charge is 2.61. The highest BCUT2D eigenvalue weighted by molar-refractivity contribution is 5.88. The zero-order valence-electron chi connectivity index (χ0n) is 38.3. The van der Waals surface area contributed by atoms with E-state index in [0.717, 1.165) is 16.7 Å². The summed E-state index contributed by atoms with van der Waals surface area (Å²) >= 11 is 0. The summed E-state index contributed by atoms with van der Waals surface area (Å²) in [6, 6.07) is 36.8. The van der Waals surface area contributed by atoms with Gasteiger partial charge >= 0.3 is 0 Å². The molecule has 1 unspecified atom stereocenters. The zero-order chi connectivity index (χ0) is 42.1. The lowest BCUT2D eigenvalue weighted by Gasteiger charge is -2.41. The van der Waals surface area contributed by atoms with Crippen LogP contribution in [0, 0.1) is 11.8 Å². The smallest absolute Gasteiger partial charge is 0.178 e. The maximum absolute atomic E-state index is 7.18. The van der Waals surface area contributed by atoms with Crippen LogP contribution in [0.4, 0.5) is 0 Å². The van der Waals surface area contributed by atoms with Gasteiger partial charge in [0.05, 0.1) is 0 Å². The van der Waals surface area contributed by atoms with Gasteiger partial charge in [0.2, 0.25) is 0 Å². The van der Waals surface area contributed by atoms with Crippen molar-refractivity contribution in [1.29, 1.82) is 0 Å². The summed E-state index contributed by atoms with van der Waals surface area (Å²) in [6.45, 7) is 38.9. The largest absolute Gasteiger partial charge is 0.219 e. The van der Waals surface area contributed by atoms with E-state index in [1.807, 2.05) is 0 Å². The van der Waals surface area contributed by atoms with E-state index in [0.29, 0.717) is 0 Å². The topological polar surface area (TPSA) is 18.5 Å². The van der Waals surface area contributed by atoms with Crippen molar-refractivity contribution in [2.75, 3.05) is 0 Å². The fourth-order valence-electron chi connectivity index (χ4n) is 8.78. The van der Waals surface area contributed by atoms with Crippen molar-refractivity contribution in [3.05, 3.63) is 170 Å². The Kier molecular flexibility index (Phi) is 11.0. The second-order valence-corrected chi connectivity index (χ2v) is 21.7. The van der Waals surface area contributed by atoms with E-state index in [9.17, 15) is 0 Å². The number of benzene rings is 4. The molecule has 2 heteroatoms. The maximum Gasteiger partial charge on any atom is 0.178 e. The molecule has 0 radical (unpaired) electrons. The average Bonchev–Trinajstić information content (AvgIpc) is 3.45. The Morgan fingerprint density at radius 1 is 0.456 bits per heavy atom. The predicted molar refractivity (Wildman–Crippen MR) is 243 cm³/mol. The molecule has 1 saturated heterocycles. The van der Waals surface area contributed by atoms with Gasteiger partial charge in [0, 0.05) is 11.1 Å². The van der Waals surface area contributed by atoms with Crippen LogP contribution in [0.15, 0.2) is 125 Å². The average molecular weight is 763 g/mol. The monoisotopic (exact) mass is 763 g/mol. The molecule has 1 aliphatic heterocycles. The first kappa shape index (κ1) is 42.6. The van der Waals surface area contributed by atoms with E-state index >= 15 is 0 Å². The molecule has 0 bridgehead atoms. The van der Waals surface area contributed by atoms with E-state index in [1.165, 1.54) is 55.7 Å². The summed E-state index contributed by atoms with van der Waals surface area (Å²) in [7, 11) is 0. The minimum absolute atomic E-state index is 0.0135. The Morgan fingerprint density at radius 3 is 1.09 bits per heavy atom. The predicted octanol–water partition coefficient (Wildman–Crippen LogP) is 14.9. The molecule has 4 aromatic rings. The molecule has 302 valence electrons. The highest BCUT2D eigenvalue weighted by atomic mass is 17.2. The fourth-order valence-corrected chi connectivity index (χ4v) is 8.78. The van der Waals surface area contributed by atoms with Crippen LogP contribution in [-0.4, -0.2) is 5.60 Å². The van der Waals surface area contributed by atoms with E-state index < -0.39 is 11.2 Å². The molecule has 6 rings (SSSR count). The van der Waals surface area contributed by atoms with Gasteiger partial charge in [-0.15, -0.1) is 0 Å². The van der Waals surface area contributed by atoms with E-state index in [2.05, 4.69) is 221 Å². The van der Waals surface area contributed by atoms with Crippen molar-refractivity contribution in [2.45, 2.75) is 151 Å². The van der Waals surface area contributed by atoms with Gasteiger partial charge in [-0.3, -0.25) is 0 Å². The summed E-state index contributed by atoms with van der Waals surface area (Å²) in [6.07, 6.45) is 2.49. The van der Waals surface area contributed by atoms with E-state index in [-0.39, 0.29) is 33.5 Å². The molecule has 4 aromatic carbocycles. The summed E-state index contributed by atoms with van der Waals surface area (Å²) < 4.78 is 0. The number of allylic oxidation sites excluding steroid dienone is 2. The molecule has 1 aliphatic carbocycles. The second-order valence-electron chi connectivity index (χ2n) is 21.7. The summed E-state index contributed by atoms with van der Waals surface area (Å²) in [5.41, 5.74) is 13.9. The quantitative estimate of drug-likeness (QED) is 0.182. The van der Waals surface area contributed by atoms with Crippen LogP contribution in [0.5, 0.6) is 0 Å². The van der Waals surface area contributed by atoms with Crippen molar-refractivity contribution in [1.82, 2.24) is 0 Å². The molecule has 1 atom stereocenters. The summed E-state index contributed by atoms with van der Waals surface area (Å²) in [5, 5.41) is 0. The molecule has 0 N–H and O–H groups in total. The first-order valence-corrected chi connectivity index (χ1v) is 21.3. The lowest BCUT2D eigenvalue weighted by Crippen LogP contribution is -2.41. The molecular formula is C55H70O2. The number of fused-ring (bicyclic) bond motifs is 1. The molecule has 0 spiro atoms. The van der Waals surface area contributed by atoms with Crippen molar-refractivity contribution < 1.29 is 9.78 Å². The third kappa shape index (κ3) is 7.82. The minimum Gasteiger partial charge on any atom is -0.219 e. The molecule has 57 heavy (non-hydrogen) atoms. The molecule has 2 aliphatic rings. The van der Waals surface area contributed by atoms with Gasteiger partial charge in [0.15, 0.2) is 11.2 Å². The standard InChI is InChI=1S/C55H70O2/c1-35(2)45-34-46(36(3)4)49-54(17,48(45)47(37-18-22-39(23-19-37)50(5,6)7)38-20-24-40(25-21-38)51(8,9)10)56-57-55(49,43-30-26-41(27-31-43)52(11,12)13)44-32-28-42(29-33-44)53(14,15)16/h18-36H,1-17H3. The van der Waals surface area contributed by atoms with Gasteiger partial charge in [-0.2, -0.15) is 0 Å². The first-order chi connectivity index (χ1) is 26.3. The van der Waals surface area contributed by atoms with Crippen LogP contribution in [-0.2, 0) is 37.0 Å². The highest BCUT2D eigenvalue weighted by Crippen LogP contribution is 2.61. The third-order valence-corrected chi connectivity index (χ3v) is 12.4. The minimum atomic E-state index is -0.997. The van der Waals surface area contributed by atoms with Crippen molar-refractivity contribution in [3.8, 4) is 0 Å². The molecule has 2 nitrogen and oxygen atoms in total. The molecule has 0 saturated carbocycles. The molecule has 0 aromatic heterocycles. The van der Waals surface area contributed by atoms with Gasteiger partial charge in [0.25, 0.3) is 0 Å². The van der Waals surface area contributed by atoms with Crippen LogP contribution in [0.25, 0.3) is 5.57 Å². The van der Waals surface area contributed by atoms with Crippen LogP contribution in [0.1, 0.15) is 162 Å². The molecule has 0 amide bonds. The SMILES string of the molecule is CC(C)C1=CC(C(C)C)=C2C(C)(OOC2(c2ccc(C(C)(C)C)cc2)c2ccc(C(C)(C)C)cc2)C1=C(c1ccc(C(C)(C)C)cc1)c1ccc(C(C)(C)C)cc1. The van der Waals surface area contributed by atoms with Gasteiger partial charge in [-0.25, -0.2) is 9.78 Å². The van der Waals surface area contributed by atoms with Crippen LogP contribution < -0.4 is 0 Å². The third-order valence-electron chi connectivity index (χ3n) is 12.4. The molecular weight excluding hydrogens is 693 g/mol. The van der Waals surface area contributed by atoms with Gasteiger partial charge in [-0.05, 0) is 102 Å². The summed E-state index contributed by atoms with van der Waals surface area (Å²) in [4.78, 5) is 14.3. The second kappa shape index (κ2) is 14.7. The number of hydrogen-bond acceptors (Lipinski definition) is 2. The number of hydrogen-bond donors (Lipinski definition) is 0. The van der Waals surface area contributed by atoms with Crippen molar-refractivity contribution >= 4 is 5.57 Å². The normalized spacial score (nSPS) is 19.0. The Hall–Kier alpha value is -3.98. The van der Waals surface area contributed by atoms with Crippen LogP contribution in [0.2, 0.25) is 0 Å². The van der Waals surface area contributed by atoms with Crippen LogP contribution >= 0.6 is 0 Å². The van der Waals surface area contributed by atoms with E-state index in [4.69, 9.17) is 9.78 Å². The van der Waals surface area contributed by atoms with E-state index in [1.54, 1.807) is 0 Å². The Morgan fingerprint density at radius 2 is 0.789 bits per heavy atom. The molecule has 1 heterocycles. The Bertz CT molecular complexity index is 2060. The first-order valence-electron chi connectivity index (χ1n) is 21.3.